The van der Waals surface area contributed by atoms with Crippen molar-refractivity contribution >= 4 is 23.6 Å². The smallest absolute Gasteiger partial charge is 0.166 e. The largest absolute Gasteiger partial charge is 0.412 e. The Balaban J connectivity index is 2.48. The molecule has 0 atom stereocenters. The van der Waals surface area contributed by atoms with Crippen LogP contribution in [0.25, 0.3) is 0 Å². The molecule has 0 aromatic heterocycles. The molecule has 3 rings (SSSR count). The molecule has 0 fully saturated rings. The molecule has 4 heteroatoms. The minimum absolute atomic E-state index is 0.478. The Morgan fingerprint density at radius 1 is 0.621 bits per heavy atom. The Labute approximate surface area is 171 Å². The van der Waals surface area contributed by atoms with Crippen molar-refractivity contribution in [3.63, 3.8) is 0 Å². The third-order valence-electron chi connectivity index (χ3n) is 5.16. The monoisotopic (exact) mass is 410 g/mol. The normalized spacial score (nSPS) is 13.4. The van der Waals surface area contributed by atoms with E-state index in [-0.39, 0.29) is 0 Å². The van der Waals surface area contributed by atoms with Crippen LogP contribution in [0.2, 0.25) is 0 Å². The van der Waals surface area contributed by atoms with E-state index < -0.39 is 25.2 Å². The van der Waals surface area contributed by atoms with Crippen LogP contribution in [0.4, 0.5) is 13.2 Å². The van der Waals surface area contributed by atoms with Gasteiger partial charge in [0.05, 0.1) is 0 Å². The Hall–Kier alpha value is -2.59. The fraction of sp³-hybridized carbons (Fsp3) is 0.200. The summed E-state index contributed by atoms with van der Waals surface area (Å²) >= 11 is 0. The highest BCUT2D eigenvalue weighted by Gasteiger charge is 2.46. The molecular weight excluding hydrogens is 385 g/mol. The van der Waals surface area contributed by atoms with Crippen molar-refractivity contribution < 1.29 is 13.2 Å². The van der Waals surface area contributed by atoms with Gasteiger partial charge in [-0.25, -0.2) is 0 Å². The van der Waals surface area contributed by atoms with Gasteiger partial charge in [0.15, 0.2) is 8.07 Å². The van der Waals surface area contributed by atoms with Crippen molar-refractivity contribution in [2.24, 2.45) is 5.41 Å². The van der Waals surface area contributed by atoms with E-state index >= 15 is 0 Å². The van der Waals surface area contributed by atoms with Gasteiger partial charge >= 0.3 is 6.18 Å². The quantitative estimate of drug-likeness (QED) is 0.408. The average Bonchev–Trinajstić information content (AvgIpc) is 2.69. The Morgan fingerprint density at radius 2 is 0.931 bits per heavy atom. The second kappa shape index (κ2) is 8.03. The lowest BCUT2D eigenvalue weighted by molar-refractivity contribution is -0.103. The molecule has 0 unspecified atom stereocenters. The zero-order valence-electron chi connectivity index (χ0n) is 16.9. The van der Waals surface area contributed by atoms with Gasteiger partial charge in [-0.05, 0) is 21.0 Å². The van der Waals surface area contributed by atoms with E-state index in [2.05, 4.69) is 0 Å². The van der Waals surface area contributed by atoms with Gasteiger partial charge in [0, 0.05) is 5.57 Å². The summed E-state index contributed by atoms with van der Waals surface area (Å²) in [5.74, 6) is 0. The summed E-state index contributed by atoms with van der Waals surface area (Å²) in [6.07, 6.45) is -4.41. The standard InChI is InChI=1S/C25H25F3Si/c1-24(2,3)23(25(26,27)28)19-29(20-13-7-4-8-14-20,21-15-9-5-10-16-21)22-17-11-6-12-18-22/h4-19H,1-3H3/b23-19+. The second-order valence-electron chi connectivity index (χ2n) is 8.21. The molecule has 0 heterocycles. The van der Waals surface area contributed by atoms with Gasteiger partial charge in [-0.15, -0.1) is 0 Å². The summed E-state index contributed by atoms with van der Waals surface area (Å²) in [6.45, 7) is 4.89. The summed E-state index contributed by atoms with van der Waals surface area (Å²) in [4.78, 5) is 0. The second-order valence-corrected chi connectivity index (χ2v) is 11.8. The topological polar surface area (TPSA) is 0 Å². The van der Waals surface area contributed by atoms with Crippen LogP contribution < -0.4 is 15.6 Å². The van der Waals surface area contributed by atoms with Gasteiger partial charge in [-0.1, -0.05) is 117 Å². The van der Waals surface area contributed by atoms with Gasteiger partial charge in [0.1, 0.15) is 0 Å². The number of hydrogen-bond donors (Lipinski definition) is 0. The lowest BCUT2D eigenvalue weighted by atomic mass is 9.87. The lowest BCUT2D eigenvalue weighted by Gasteiger charge is -2.35. The Bertz CT molecular complexity index is 841. The summed E-state index contributed by atoms with van der Waals surface area (Å²) in [6, 6.07) is 28.9. The highest BCUT2D eigenvalue weighted by atomic mass is 28.3. The molecule has 3 aromatic carbocycles. The van der Waals surface area contributed by atoms with Crippen LogP contribution >= 0.6 is 0 Å². The molecule has 0 spiro atoms. The van der Waals surface area contributed by atoms with E-state index in [0.29, 0.717) is 0 Å². The van der Waals surface area contributed by atoms with Crippen molar-refractivity contribution in [1.29, 1.82) is 0 Å². The Kier molecular flexibility index (Phi) is 5.85. The number of benzene rings is 3. The predicted molar refractivity (Wildman–Crippen MR) is 118 cm³/mol. The molecule has 0 aliphatic carbocycles. The zero-order valence-corrected chi connectivity index (χ0v) is 17.9. The number of rotatable bonds is 4. The first-order valence-electron chi connectivity index (χ1n) is 9.63. The molecule has 0 N–H and O–H groups in total. The van der Waals surface area contributed by atoms with Gasteiger partial charge in [-0.3, -0.25) is 0 Å². The van der Waals surface area contributed by atoms with E-state index in [1.807, 2.05) is 91.0 Å². The van der Waals surface area contributed by atoms with Crippen LogP contribution in [0.5, 0.6) is 0 Å². The summed E-state index contributed by atoms with van der Waals surface area (Å²) in [7, 11) is -3.09. The van der Waals surface area contributed by atoms with E-state index in [1.54, 1.807) is 26.5 Å². The van der Waals surface area contributed by atoms with Gasteiger partial charge in [0.25, 0.3) is 0 Å². The molecule has 0 aliphatic heterocycles. The van der Waals surface area contributed by atoms with E-state index in [9.17, 15) is 13.2 Å². The fourth-order valence-electron chi connectivity index (χ4n) is 3.79. The first-order valence-corrected chi connectivity index (χ1v) is 11.7. The number of alkyl halides is 3. The SMILES string of the molecule is CC(C)(C)/C(=C\[Si](c1ccccc1)(c1ccccc1)c1ccccc1)C(F)(F)F. The number of halogens is 3. The maximum Gasteiger partial charge on any atom is 0.412 e. The minimum Gasteiger partial charge on any atom is -0.166 e. The van der Waals surface area contributed by atoms with Crippen molar-refractivity contribution in [3.05, 3.63) is 102 Å². The first kappa shape index (κ1) is 21.1. The molecule has 3 aromatic rings. The van der Waals surface area contributed by atoms with Gasteiger partial charge in [0.2, 0.25) is 0 Å². The lowest BCUT2D eigenvalue weighted by Crippen LogP contribution is -2.66. The third kappa shape index (κ3) is 4.37. The zero-order chi connectivity index (χ0) is 21.1. The van der Waals surface area contributed by atoms with Crippen LogP contribution in [0.15, 0.2) is 102 Å². The van der Waals surface area contributed by atoms with Crippen LogP contribution in [0.3, 0.4) is 0 Å². The highest BCUT2D eigenvalue weighted by molar-refractivity contribution is 7.14. The van der Waals surface area contributed by atoms with Crippen molar-refractivity contribution in [1.82, 2.24) is 0 Å². The molecule has 150 valence electrons. The maximum absolute atomic E-state index is 14.2. The Morgan fingerprint density at radius 3 is 1.17 bits per heavy atom. The van der Waals surface area contributed by atoms with Crippen LogP contribution in [0.1, 0.15) is 20.8 Å². The molecule has 0 nitrogen and oxygen atoms in total. The van der Waals surface area contributed by atoms with Crippen molar-refractivity contribution in [2.75, 3.05) is 0 Å². The van der Waals surface area contributed by atoms with Crippen LogP contribution in [-0.2, 0) is 0 Å². The van der Waals surface area contributed by atoms with E-state index in [4.69, 9.17) is 0 Å². The highest BCUT2D eigenvalue weighted by Crippen LogP contribution is 2.39. The van der Waals surface area contributed by atoms with Crippen LogP contribution in [-0.4, -0.2) is 14.3 Å². The third-order valence-corrected chi connectivity index (χ3v) is 9.62. The number of allylic oxidation sites excluding steroid dienone is 1. The van der Waals surface area contributed by atoms with E-state index in [1.165, 1.54) is 0 Å². The first-order chi connectivity index (χ1) is 13.7. The molecule has 0 aliphatic rings. The summed E-state index contributed by atoms with van der Waals surface area (Å²) in [5, 5.41) is 2.80. The summed E-state index contributed by atoms with van der Waals surface area (Å²) < 4.78 is 42.7. The molecule has 0 radical (unpaired) electrons. The molecular formula is C25H25F3Si. The molecule has 0 amide bonds. The molecule has 29 heavy (non-hydrogen) atoms. The molecule has 0 bridgehead atoms. The minimum atomic E-state index is -4.41. The number of hydrogen-bond acceptors (Lipinski definition) is 0. The van der Waals surface area contributed by atoms with E-state index in [0.717, 1.165) is 15.6 Å². The molecule has 0 saturated carbocycles. The van der Waals surface area contributed by atoms with Crippen LogP contribution in [0, 0.1) is 5.41 Å². The van der Waals surface area contributed by atoms with Crippen molar-refractivity contribution in [2.45, 2.75) is 26.9 Å². The summed E-state index contributed by atoms with van der Waals surface area (Å²) in [5.41, 5.74) is 0.0511. The predicted octanol–water partition coefficient (Wildman–Crippen LogP) is 5.23. The average molecular weight is 411 g/mol. The van der Waals surface area contributed by atoms with Gasteiger partial charge < -0.3 is 0 Å². The van der Waals surface area contributed by atoms with Gasteiger partial charge in [-0.2, -0.15) is 13.2 Å². The molecule has 0 saturated heterocycles. The van der Waals surface area contributed by atoms with Crippen molar-refractivity contribution in [3.8, 4) is 0 Å². The maximum atomic E-state index is 14.2. The fourth-order valence-corrected chi connectivity index (χ4v) is 8.48.